The molecule has 3 heterocycles. The van der Waals surface area contributed by atoms with E-state index >= 15 is 0 Å². The lowest BCUT2D eigenvalue weighted by atomic mass is 9.79. The van der Waals surface area contributed by atoms with Gasteiger partial charge < -0.3 is 9.73 Å². The zero-order valence-electron chi connectivity index (χ0n) is 15.0. The Balaban J connectivity index is 1.58. The molecule has 0 fully saturated rings. The Morgan fingerprint density at radius 2 is 1.93 bits per heavy atom. The smallest absolute Gasteiger partial charge is 0.416 e. The van der Waals surface area contributed by atoms with E-state index in [9.17, 15) is 18.0 Å². The van der Waals surface area contributed by atoms with Crippen molar-refractivity contribution in [2.24, 2.45) is 0 Å². The van der Waals surface area contributed by atoms with Crippen molar-refractivity contribution in [1.29, 1.82) is 0 Å². The maximum absolute atomic E-state index is 13.1. The highest BCUT2D eigenvalue weighted by Crippen LogP contribution is 2.44. The number of nitrogens with one attached hydrogen (secondary N) is 1. The number of allylic oxidation sites excluding steroid dienone is 2. The van der Waals surface area contributed by atoms with E-state index in [2.05, 4.69) is 15.4 Å². The van der Waals surface area contributed by atoms with Gasteiger partial charge in [-0.05, 0) is 36.2 Å². The standard InChI is InChI=1S/C20H15F3N4O2/c21-20(22,23)13-5-3-11(4-6-13)18-17-14(26-19-24-10-25-27(18)19)8-12(9-15(17)28)16-2-1-7-29-16/h1-7,10,12,18H,8-9H2,(H,24,25,26)/t12-,18+/m1/s1. The molecule has 0 bridgehead atoms. The van der Waals surface area contributed by atoms with Crippen LogP contribution in [-0.4, -0.2) is 20.5 Å². The fraction of sp³-hybridized carbons (Fsp3) is 0.250. The van der Waals surface area contributed by atoms with Gasteiger partial charge in [0.2, 0.25) is 5.95 Å². The van der Waals surface area contributed by atoms with Gasteiger partial charge >= 0.3 is 6.18 Å². The van der Waals surface area contributed by atoms with Gasteiger partial charge in [0.25, 0.3) is 0 Å². The fourth-order valence-corrected chi connectivity index (χ4v) is 4.04. The summed E-state index contributed by atoms with van der Waals surface area (Å²) in [7, 11) is 0. The van der Waals surface area contributed by atoms with Crippen LogP contribution in [0.2, 0.25) is 0 Å². The van der Waals surface area contributed by atoms with Crippen LogP contribution in [-0.2, 0) is 11.0 Å². The van der Waals surface area contributed by atoms with E-state index in [1.54, 1.807) is 12.3 Å². The largest absolute Gasteiger partial charge is 0.469 e. The molecule has 1 N–H and O–H groups in total. The molecule has 1 aliphatic heterocycles. The Bertz CT molecular complexity index is 1100. The van der Waals surface area contributed by atoms with Crippen molar-refractivity contribution in [1.82, 2.24) is 14.8 Å². The second-order valence-corrected chi connectivity index (χ2v) is 7.11. The lowest BCUT2D eigenvalue weighted by Crippen LogP contribution is -2.33. The summed E-state index contributed by atoms with van der Waals surface area (Å²) < 4.78 is 45.9. The molecule has 3 aromatic rings. The summed E-state index contributed by atoms with van der Waals surface area (Å²) in [5, 5.41) is 7.36. The number of ketones is 1. The molecule has 0 radical (unpaired) electrons. The van der Waals surface area contributed by atoms with Gasteiger partial charge in [0.05, 0.1) is 11.8 Å². The van der Waals surface area contributed by atoms with Gasteiger partial charge in [-0.2, -0.15) is 23.3 Å². The van der Waals surface area contributed by atoms with E-state index in [0.717, 1.165) is 17.9 Å². The number of hydrogen-bond donors (Lipinski definition) is 1. The van der Waals surface area contributed by atoms with Crippen LogP contribution in [0.25, 0.3) is 0 Å². The zero-order valence-corrected chi connectivity index (χ0v) is 15.0. The Labute approximate surface area is 163 Å². The molecule has 29 heavy (non-hydrogen) atoms. The van der Waals surface area contributed by atoms with Crippen molar-refractivity contribution in [2.45, 2.75) is 31.0 Å². The number of fused-ring (bicyclic) bond motifs is 1. The number of alkyl halides is 3. The summed E-state index contributed by atoms with van der Waals surface area (Å²) in [6.45, 7) is 0. The van der Waals surface area contributed by atoms with Crippen molar-refractivity contribution >= 4 is 11.7 Å². The number of anilines is 1. The second-order valence-electron chi connectivity index (χ2n) is 7.11. The number of rotatable bonds is 2. The summed E-state index contributed by atoms with van der Waals surface area (Å²) >= 11 is 0. The quantitative estimate of drug-likeness (QED) is 0.694. The third-order valence-electron chi connectivity index (χ3n) is 5.36. The first-order chi connectivity index (χ1) is 13.9. The monoisotopic (exact) mass is 400 g/mol. The SMILES string of the molecule is O=C1C[C@H](c2ccco2)CC2=C1[C@H](c1ccc(C(F)(F)F)cc1)n1ncnc1N2. The summed E-state index contributed by atoms with van der Waals surface area (Å²) in [4.78, 5) is 17.3. The van der Waals surface area contributed by atoms with Gasteiger partial charge in [0.1, 0.15) is 18.1 Å². The number of carbonyl (C=O) groups is 1. The molecule has 2 aromatic heterocycles. The first-order valence-corrected chi connectivity index (χ1v) is 9.05. The van der Waals surface area contributed by atoms with Gasteiger partial charge in [-0.3, -0.25) is 4.79 Å². The molecule has 6 nitrogen and oxygen atoms in total. The Kier molecular flexibility index (Phi) is 3.87. The van der Waals surface area contributed by atoms with Crippen LogP contribution in [0.3, 0.4) is 0 Å². The molecular weight excluding hydrogens is 385 g/mol. The number of halogens is 3. The van der Waals surface area contributed by atoms with E-state index in [4.69, 9.17) is 4.42 Å². The van der Waals surface area contributed by atoms with Crippen LogP contribution in [0, 0.1) is 0 Å². The van der Waals surface area contributed by atoms with Crippen molar-refractivity contribution in [3.05, 3.63) is 77.1 Å². The Hall–Kier alpha value is -3.36. The average molecular weight is 400 g/mol. The van der Waals surface area contributed by atoms with Crippen LogP contribution >= 0.6 is 0 Å². The van der Waals surface area contributed by atoms with Crippen molar-refractivity contribution in [2.75, 3.05) is 5.32 Å². The molecule has 9 heteroatoms. The minimum atomic E-state index is -4.42. The molecule has 2 atom stereocenters. The van der Waals surface area contributed by atoms with E-state index in [1.807, 2.05) is 6.07 Å². The minimum absolute atomic E-state index is 0.0915. The van der Waals surface area contributed by atoms with Crippen LogP contribution < -0.4 is 5.32 Å². The summed E-state index contributed by atoms with van der Waals surface area (Å²) in [5.74, 6) is 0.976. The lowest BCUT2D eigenvalue weighted by molar-refractivity contribution is -0.137. The Morgan fingerprint density at radius 1 is 1.14 bits per heavy atom. The molecule has 1 aliphatic carbocycles. The molecular formula is C20H15F3N4O2. The molecule has 2 aliphatic rings. The molecule has 148 valence electrons. The Morgan fingerprint density at radius 3 is 2.62 bits per heavy atom. The molecule has 0 amide bonds. The first-order valence-electron chi connectivity index (χ1n) is 9.05. The van der Waals surface area contributed by atoms with Crippen molar-refractivity contribution in [3.63, 3.8) is 0 Å². The minimum Gasteiger partial charge on any atom is -0.469 e. The number of hydrogen-bond acceptors (Lipinski definition) is 5. The molecule has 0 saturated heterocycles. The van der Waals surface area contributed by atoms with E-state index in [-0.39, 0.29) is 18.1 Å². The van der Waals surface area contributed by atoms with Crippen LogP contribution in [0.1, 0.15) is 41.7 Å². The van der Waals surface area contributed by atoms with Crippen LogP contribution in [0.15, 0.2) is 64.7 Å². The van der Waals surface area contributed by atoms with E-state index < -0.39 is 17.8 Å². The predicted octanol–water partition coefficient (Wildman–Crippen LogP) is 4.31. The molecule has 1 aromatic carbocycles. The van der Waals surface area contributed by atoms with Gasteiger partial charge in [-0.25, -0.2) is 4.68 Å². The lowest BCUT2D eigenvalue weighted by Gasteiger charge is -2.34. The number of furan rings is 1. The third-order valence-corrected chi connectivity index (χ3v) is 5.36. The normalized spacial score (nSPS) is 21.6. The van der Waals surface area contributed by atoms with Gasteiger partial charge in [-0.1, -0.05) is 12.1 Å². The second kappa shape index (κ2) is 6.33. The third kappa shape index (κ3) is 2.93. The fourth-order valence-electron chi connectivity index (χ4n) is 4.04. The van der Waals surface area contributed by atoms with Crippen LogP contribution in [0.4, 0.5) is 19.1 Å². The average Bonchev–Trinajstić information content (AvgIpc) is 3.37. The highest BCUT2D eigenvalue weighted by atomic mass is 19.4. The highest BCUT2D eigenvalue weighted by molar-refractivity contribution is 6.00. The van der Waals surface area contributed by atoms with Crippen LogP contribution in [0.5, 0.6) is 0 Å². The number of carbonyl (C=O) groups excluding carboxylic acids is 1. The van der Waals surface area contributed by atoms with Crippen molar-refractivity contribution in [3.8, 4) is 0 Å². The summed E-state index contributed by atoms with van der Waals surface area (Å²) in [6, 6.07) is 7.81. The number of benzene rings is 1. The number of aromatic nitrogens is 3. The highest BCUT2D eigenvalue weighted by Gasteiger charge is 2.40. The van der Waals surface area contributed by atoms with Crippen molar-refractivity contribution < 1.29 is 22.4 Å². The topological polar surface area (TPSA) is 73.0 Å². The van der Waals surface area contributed by atoms with Gasteiger partial charge in [-0.15, -0.1) is 0 Å². The molecule has 0 unspecified atom stereocenters. The van der Waals surface area contributed by atoms with Gasteiger partial charge in [0, 0.05) is 23.6 Å². The maximum atomic E-state index is 13.1. The maximum Gasteiger partial charge on any atom is 0.416 e. The number of nitrogens with zero attached hydrogens (tertiary/aromatic N) is 3. The summed E-state index contributed by atoms with van der Waals surface area (Å²) in [6.07, 6.45) is -0.702. The predicted molar refractivity (Wildman–Crippen MR) is 95.9 cm³/mol. The van der Waals surface area contributed by atoms with E-state index in [1.165, 1.54) is 23.1 Å². The molecule has 5 rings (SSSR count). The summed E-state index contributed by atoms with van der Waals surface area (Å²) in [5.41, 5.74) is 1.01. The van der Waals surface area contributed by atoms with Gasteiger partial charge in [0.15, 0.2) is 5.78 Å². The van der Waals surface area contributed by atoms with E-state index in [0.29, 0.717) is 29.2 Å². The molecule has 0 saturated carbocycles. The zero-order chi connectivity index (χ0) is 20.2. The molecule has 0 spiro atoms. The first kappa shape index (κ1) is 17.7. The number of Topliss-reactive ketones (excluding diaryl/α,β-unsaturated/α-hetero) is 1.